The van der Waals surface area contributed by atoms with E-state index in [4.69, 9.17) is 0 Å². The van der Waals surface area contributed by atoms with Crippen molar-refractivity contribution >= 4 is 0 Å². The summed E-state index contributed by atoms with van der Waals surface area (Å²) in [4.78, 5) is 2.65. The molecule has 1 atom stereocenters. The normalized spacial score (nSPS) is 40.0. The Hall–Kier alpha value is -0.300. The lowest BCUT2D eigenvalue weighted by Crippen LogP contribution is -2.26. The largest absolute Gasteiger partial charge is 0.296 e. The Bertz CT molecular complexity index is 215. The zero-order valence-electron chi connectivity index (χ0n) is 6.97. The van der Waals surface area contributed by atoms with Gasteiger partial charge in [-0.05, 0) is 37.6 Å². The van der Waals surface area contributed by atoms with Gasteiger partial charge in [-0.15, -0.1) is 0 Å². The minimum Gasteiger partial charge on any atom is -0.296 e. The molecule has 0 unspecified atom stereocenters. The molecule has 0 bridgehead atoms. The fraction of sp³-hybridized carbons (Fsp3) is 0.800. The molecule has 0 amide bonds. The Kier molecular flexibility index (Phi) is 0.972. The first-order valence-electron chi connectivity index (χ1n) is 4.71. The Morgan fingerprint density at radius 3 is 2.91 bits per heavy atom. The van der Waals surface area contributed by atoms with Crippen LogP contribution in [0.25, 0.3) is 0 Å². The molecule has 3 rings (SSSR count). The Balaban J connectivity index is 1.91. The van der Waals surface area contributed by atoms with Crippen LogP contribution in [0.2, 0.25) is 0 Å². The van der Waals surface area contributed by atoms with Gasteiger partial charge in [-0.1, -0.05) is 12.2 Å². The topological polar surface area (TPSA) is 3.24 Å². The van der Waals surface area contributed by atoms with Crippen molar-refractivity contribution in [2.45, 2.75) is 31.7 Å². The molecule has 2 saturated heterocycles. The molecule has 0 aromatic carbocycles. The summed E-state index contributed by atoms with van der Waals surface area (Å²) in [7, 11) is 0. The fourth-order valence-corrected chi connectivity index (χ4v) is 2.98. The van der Waals surface area contributed by atoms with Crippen molar-refractivity contribution in [2.24, 2.45) is 5.41 Å². The highest BCUT2D eigenvalue weighted by atomic mass is 15.2. The SMILES string of the molecule is C=C1C[C@H]2N(CCC23CC3)C1. The average Bonchev–Trinajstić information content (AvgIpc) is 2.57. The van der Waals surface area contributed by atoms with Crippen LogP contribution < -0.4 is 0 Å². The van der Waals surface area contributed by atoms with Gasteiger partial charge in [0, 0.05) is 12.6 Å². The van der Waals surface area contributed by atoms with E-state index in [-0.39, 0.29) is 0 Å². The van der Waals surface area contributed by atoms with Gasteiger partial charge in [-0.25, -0.2) is 0 Å². The van der Waals surface area contributed by atoms with E-state index in [1.54, 1.807) is 0 Å². The van der Waals surface area contributed by atoms with Gasteiger partial charge in [-0.3, -0.25) is 4.90 Å². The van der Waals surface area contributed by atoms with E-state index in [1.807, 2.05) is 0 Å². The molecule has 1 saturated carbocycles. The molecule has 0 N–H and O–H groups in total. The number of rotatable bonds is 0. The monoisotopic (exact) mass is 149 g/mol. The van der Waals surface area contributed by atoms with E-state index in [9.17, 15) is 0 Å². The standard InChI is InChI=1S/C10H15N/c1-8-6-9-10(2-3-10)4-5-11(9)7-8/h9H,1-7H2/t9-/m1/s1. The van der Waals surface area contributed by atoms with E-state index < -0.39 is 0 Å². The van der Waals surface area contributed by atoms with E-state index in [0.717, 1.165) is 11.5 Å². The maximum atomic E-state index is 4.09. The van der Waals surface area contributed by atoms with E-state index >= 15 is 0 Å². The molecule has 11 heavy (non-hydrogen) atoms. The molecule has 2 heterocycles. The summed E-state index contributed by atoms with van der Waals surface area (Å²) < 4.78 is 0. The minimum atomic E-state index is 0.791. The Morgan fingerprint density at radius 2 is 2.18 bits per heavy atom. The van der Waals surface area contributed by atoms with Crippen molar-refractivity contribution in [3.63, 3.8) is 0 Å². The molecule has 2 aliphatic heterocycles. The highest BCUT2D eigenvalue weighted by Crippen LogP contribution is 2.59. The third-order valence-corrected chi connectivity index (χ3v) is 3.85. The van der Waals surface area contributed by atoms with Gasteiger partial charge in [0.15, 0.2) is 0 Å². The van der Waals surface area contributed by atoms with Gasteiger partial charge in [-0.2, -0.15) is 0 Å². The molecule has 60 valence electrons. The summed E-state index contributed by atoms with van der Waals surface area (Å²) >= 11 is 0. The second-order valence-corrected chi connectivity index (χ2v) is 4.55. The first kappa shape index (κ1) is 6.24. The number of hydrogen-bond acceptors (Lipinski definition) is 1. The highest BCUT2D eigenvalue weighted by Gasteiger charge is 2.56. The lowest BCUT2D eigenvalue weighted by molar-refractivity contribution is 0.281. The fourth-order valence-electron chi connectivity index (χ4n) is 2.98. The molecule has 1 heteroatoms. The van der Waals surface area contributed by atoms with Crippen LogP contribution in [0.5, 0.6) is 0 Å². The molecule has 0 radical (unpaired) electrons. The minimum absolute atomic E-state index is 0.791. The molecule has 0 aromatic heterocycles. The molecule has 3 aliphatic rings. The van der Waals surface area contributed by atoms with Gasteiger partial charge < -0.3 is 0 Å². The highest BCUT2D eigenvalue weighted by molar-refractivity contribution is 5.19. The molecule has 3 fully saturated rings. The molecule has 1 aliphatic carbocycles. The maximum Gasteiger partial charge on any atom is 0.0194 e. The number of nitrogens with zero attached hydrogens (tertiary/aromatic N) is 1. The van der Waals surface area contributed by atoms with Crippen LogP contribution >= 0.6 is 0 Å². The Labute approximate surface area is 68.1 Å². The van der Waals surface area contributed by atoms with Crippen LogP contribution in [-0.4, -0.2) is 24.0 Å². The van der Waals surface area contributed by atoms with Gasteiger partial charge in [0.2, 0.25) is 0 Å². The smallest absolute Gasteiger partial charge is 0.0194 e. The summed E-state index contributed by atoms with van der Waals surface area (Å²) in [6.07, 6.45) is 5.79. The van der Waals surface area contributed by atoms with Crippen LogP contribution in [0.1, 0.15) is 25.7 Å². The van der Waals surface area contributed by atoms with Crippen LogP contribution in [-0.2, 0) is 0 Å². The Morgan fingerprint density at radius 1 is 1.36 bits per heavy atom. The third-order valence-electron chi connectivity index (χ3n) is 3.85. The van der Waals surface area contributed by atoms with Crippen molar-refractivity contribution in [2.75, 3.05) is 13.1 Å². The predicted molar refractivity (Wildman–Crippen MR) is 45.4 cm³/mol. The summed E-state index contributed by atoms with van der Waals surface area (Å²) in [5, 5.41) is 0. The van der Waals surface area contributed by atoms with Gasteiger partial charge in [0.05, 0.1) is 0 Å². The van der Waals surface area contributed by atoms with Crippen molar-refractivity contribution in [1.29, 1.82) is 0 Å². The second kappa shape index (κ2) is 1.71. The van der Waals surface area contributed by atoms with Crippen LogP contribution in [0.3, 0.4) is 0 Å². The van der Waals surface area contributed by atoms with Gasteiger partial charge in [0.25, 0.3) is 0 Å². The van der Waals surface area contributed by atoms with Crippen LogP contribution in [0, 0.1) is 5.41 Å². The molecule has 1 spiro atoms. The molecular formula is C10H15N. The summed E-state index contributed by atoms with van der Waals surface area (Å²) in [5.74, 6) is 0. The van der Waals surface area contributed by atoms with Crippen molar-refractivity contribution in [3.8, 4) is 0 Å². The average molecular weight is 149 g/mol. The van der Waals surface area contributed by atoms with E-state index in [2.05, 4.69) is 11.5 Å². The first-order chi connectivity index (χ1) is 5.30. The summed E-state index contributed by atoms with van der Waals surface area (Å²) in [6, 6.07) is 0.912. The zero-order chi connectivity index (χ0) is 7.47. The van der Waals surface area contributed by atoms with E-state index in [1.165, 1.54) is 44.3 Å². The van der Waals surface area contributed by atoms with Crippen molar-refractivity contribution in [3.05, 3.63) is 12.2 Å². The molecule has 1 nitrogen and oxygen atoms in total. The van der Waals surface area contributed by atoms with Gasteiger partial charge in [0.1, 0.15) is 0 Å². The van der Waals surface area contributed by atoms with Crippen LogP contribution in [0.15, 0.2) is 12.2 Å². The number of fused-ring (bicyclic) bond motifs is 2. The predicted octanol–water partition coefficient (Wildman–Crippen LogP) is 1.80. The van der Waals surface area contributed by atoms with Crippen LogP contribution in [0.4, 0.5) is 0 Å². The van der Waals surface area contributed by atoms with Crippen molar-refractivity contribution < 1.29 is 0 Å². The zero-order valence-corrected chi connectivity index (χ0v) is 6.97. The first-order valence-corrected chi connectivity index (χ1v) is 4.71. The second-order valence-electron chi connectivity index (χ2n) is 4.55. The lowest BCUT2D eigenvalue weighted by atomic mass is 9.94. The van der Waals surface area contributed by atoms with Crippen molar-refractivity contribution in [1.82, 2.24) is 4.90 Å². The van der Waals surface area contributed by atoms with Gasteiger partial charge >= 0.3 is 0 Å². The molecular weight excluding hydrogens is 134 g/mol. The third kappa shape index (κ3) is 0.698. The summed E-state index contributed by atoms with van der Waals surface area (Å²) in [5.41, 5.74) is 2.26. The summed E-state index contributed by atoms with van der Waals surface area (Å²) in [6.45, 7) is 6.64. The molecule has 0 aromatic rings. The lowest BCUT2D eigenvalue weighted by Gasteiger charge is -2.18. The maximum absolute atomic E-state index is 4.09. The number of hydrogen-bond donors (Lipinski definition) is 0. The quantitative estimate of drug-likeness (QED) is 0.475. The van der Waals surface area contributed by atoms with E-state index in [0.29, 0.717) is 0 Å².